The van der Waals surface area contributed by atoms with Crippen molar-refractivity contribution < 1.29 is 89.4 Å². The molecule has 1 saturated carbocycles. The number of nitrogens with one attached hydrogen (secondary N) is 1. The van der Waals surface area contributed by atoms with Gasteiger partial charge >= 0.3 is 12.1 Å². The first-order chi connectivity index (χ1) is 25.4. The van der Waals surface area contributed by atoms with Crippen molar-refractivity contribution in [3.63, 3.8) is 0 Å². The second kappa shape index (κ2) is 16.9. The van der Waals surface area contributed by atoms with E-state index in [9.17, 15) is 65.8 Å². The van der Waals surface area contributed by atoms with Gasteiger partial charge < -0.3 is 85.2 Å². The van der Waals surface area contributed by atoms with Crippen LogP contribution in [0.1, 0.15) is 69.8 Å². The predicted molar refractivity (Wildman–Crippen MR) is 179 cm³/mol. The third-order valence-corrected chi connectivity index (χ3v) is 10.3. The van der Waals surface area contributed by atoms with Crippen LogP contribution in [0.5, 0.6) is 11.8 Å². The van der Waals surface area contributed by atoms with E-state index in [2.05, 4.69) is 5.32 Å². The lowest BCUT2D eigenvalue weighted by molar-refractivity contribution is -0.299. The number of hydrogen-bond donors (Lipinski definition) is 12. The second-order valence-corrected chi connectivity index (χ2v) is 15.1. The fraction of sp³-hybridized carbons (Fsp3) is 0.765. The number of carboxylic acid groups (broad SMARTS) is 1. The number of aliphatic hydroxyl groups is 8. The molecule has 20 nitrogen and oxygen atoms in total. The van der Waals surface area contributed by atoms with Crippen molar-refractivity contribution in [2.24, 2.45) is 5.92 Å². The minimum absolute atomic E-state index is 0.0154. The molecular formula is C34H52N2O18. The van der Waals surface area contributed by atoms with Crippen LogP contribution < -0.4 is 5.32 Å². The van der Waals surface area contributed by atoms with Crippen LogP contribution in [-0.4, -0.2) is 166 Å². The molecule has 12 N–H and O–H groups in total. The van der Waals surface area contributed by atoms with Gasteiger partial charge in [0.05, 0.1) is 43.2 Å². The maximum atomic E-state index is 12.1. The molecule has 13 atom stereocenters. The van der Waals surface area contributed by atoms with Gasteiger partial charge in [0.15, 0.2) is 6.29 Å². The monoisotopic (exact) mass is 776 g/mol. The lowest BCUT2D eigenvalue weighted by atomic mass is 9.81. The summed E-state index contributed by atoms with van der Waals surface area (Å²) in [6.07, 6.45) is -15.9. The predicted octanol–water partition coefficient (Wildman–Crippen LogP) is -2.23. The number of alkyl carbamates (subject to hydrolysis) is 1. The van der Waals surface area contributed by atoms with E-state index in [-0.39, 0.29) is 68.3 Å². The SMILES string of the molecule is CC(C)(C)OC(=O)NC(CCCCn1c(O)c2c(c1O)C1OC2C(CO[C@@H]2OC(CO)[C@H](O)[C@H](O)C2O)=C1CO[C@@H]1CC(CO)[C@H](O)[C@H](O)C1O)C(=O)O. The molecule has 1 aromatic rings. The van der Waals surface area contributed by atoms with E-state index in [0.717, 1.165) is 0 Å². The summed E-state index contributed by atoms with van der Waals surface area (Å²) in [5.74, 6) is -2.77. The summed E-state index contributed by atoms with van der Waals surface area (Å²) in [7, 11) is 0. The maximum Gasteiger partial charge on any atom is 0.408 e. The Morgan fingerprint density at radius 1 is 0.815 bits per heavy atom. The zero-order chi connectivity index (χ0) is 39.8. The van der Waals surface area contributed by atoms with Gasteiger partial charge in [-0.2, -0.15) is 0 Å². The molecular weight excluding hydrogens is 724 g/mol. The van der Waals surface area contributed by atoms with Crippen molar-refractivity contribution in [2.75, 3.05) is 26.4 Å². The molecule has 0 radical (unpaired) electrons. The number of carboxylic acids is 1. The molecule has 2 fully saturated rings. The van der Waals surface area contributed by atoms with Crippen LogP contribution in [0, 0.1) is 5.92 Å². The number of hydrogen-bond acceptors (Lipinski definition) is 17. The number of rotatable bonds is 15. The molecule has 0 aromatic carbocycles. The van der Waals surface area contributed by atoms with Crippen LogP contribution in [-0.2, 0) is 35.0 Å². The molecule has 1 aliphatic carbocycles. The van der Waals surface area contributed by atoms with Crippen molar-refractivity contribution >= 4 is 12.1 Å². The highest BCUT2D eigenvalue weighted by atomic mass is 16.7. The van der Waals surface area contributed by atoms with E-state index in [1.807, 2.05) is 0 Å². The van der Waals surface area contributed by atoms with E-state index in [4.69, 9.17) is 23.7 Å². The van der Waals surface area contributed by atoms with Crippen molar-refractivity contribution in [3.05, 3.63) is 22.3 Å². The van der Waals surface area contributed by atoms with E-state index < -0.39 is 110 Å². The summed E-state index contributed by atoms with van der Waals surface area (Å²) < 4.78 is 29.8. The number of ether oxygens (including phenoxy) is 5. The van der Waals surface area contributed by atoms with E-state index in [1.165, 1.54) is 4.57 Å². The summed E-state index contributed by atoms with van der Waals surface area (Å²) in [6, 6.07) is -1.25. The highest BCUT2D eigenvalue weighted by Crippen LogP contribution is 2.60. The van der Waals surface area contributed by atoms with Crippen molar-refractivity contribution in [1.82, 2.24) is 9.88 Å². The van der Waals surface area contributed by atoms with Crippen LogP contribution in [0.3, 0.4) is 0 Å². The molecule has 1 aromatic heterocycles. The molecule has 4 heterocycles. The summed E-state index contributed by atoms with van der Waals surface area (Å²) in [4.78, 5) is 23.9. The average molecular weight is 777 g/mol. The van der Waals surface area contributed by atoms with Gasteiger partial charge in [-0.15, -0.1) is 0 Å². The standard InChI is InChI=1S/C34H52N2O18/c1-34(2,3)54-33(49)35-16(31(47)48)6-4-5-7-36-29(45)19-20(30(36)46)28-15(12-51-32-26(44)25(43)23(41)18(10-38)52-32)14(27(19)53-28)11-50-17-8-13(9-37)21(39)24(42)22(17)40/h13,16-18,21-28,32,37-46H,4-12H2,1-3H3,(H,35,49)(H,47,48)/t13?,16?,17-,18?,21+,22?,23+,24+,25+,26?,27?,28?,32-/m1/s1. The number of aliphatic hydroxyl groups excluding tert-OH is 8. The highest BCUT2D eigenvalue weighted by molar-refractivity contribution is 5.80. The molecule has 2 bridgehead atoms. The van der Waals surface area contributed by atoms with Crippen molar-refractivity contribution in [3.8, 4) is 11.8 Å². The first kappa shape index (κ1) is 42.0. The van der Waals surface area contributed by atoms with Gasteiger partial charge in [-0.05, 0) is 57.6 Å². The largest absolute Gasteiger partial charge is 0.494 e. The highest BCUT2D eigenvalue weighted by Gasteiger charge is 2.52. The van der Waals surface area contributed by atoms with Gasteiger partial charge in [0.25, 0.3) is 0 Å². The van der Waals surface area contributed by atoms with Gasteiger partial charge in [0.2, 0.25) is 11.8 Å². The minimum atomic E-state index is -1.72. The molecule has 4 aliphatic rings. The number of nitrogens with zero attached hydrogens (tertiary/aromatic N) is 1. The summed E-state index contributed by atoms with van der Waals surface area (Å²) in [5.41, 5.74) is 0.282. The quantitative estimate of drug-likeness (QED) is 0.0662. The number of aromatic nitrogens is 1. The first-order valence-corrected chi connectivity index (χ1v) is 17.8. The molecule has 1 saturated heterocycles. The fourth-order valence-corrected chi connectivity index (χ4v) is 7.35. The van der Waals surface area contributed by atoms with Crippen LogP contribution in [0.2, 0.25) is 0 Å². The first-order valence-electron chi connectivity index (χ1n) is 17.8. The Balaban J connectivity index is 1.33. The van der Waals surface area contributed by atoms with Crippen LogP contribution in [0.15, 0.2) is 11.1 Å². The summed E-state index contributed by atoms with van der Waals surface area (Å²) >= 11 is 0. The van der Waals surface area contributed by atoms with Gasteiger partial charge in [0.1, 0.15) is 60.5 Å². The number of fused-ring (bicyclic) bond motifs is 5. The van der Waals surface area contributed by atoms with Gasteiger partial charge in [0, 0.05) is 19.1 Å². The molecule has 7 unspecified atom stereocenters. The van der Waals surface area contributed by atoms with Crippen LogP contribution >= 0.6 is 0 Å². The number of carbonyl (C=O) groups is 2. The summed E-state index contributed by atoms with van der Waals surface area (Å²) in [5, 5.41) is 116. The van der Waals surface area contributed by atoms with Gasteiger partial charge in [-0.1, -0.05) is 0 Å². The molecule has 20 heteroatoms. The maximum absolute atomic E-state index is 12.1. The van der Waals surface area contributed by atoms with E-state index in [0.29, 0.717) is 11.1 Å². The smallest absolute Gasteiger partial charge is 0.408 e. The Morgan fingerprint density at radius 2 is 1.41 bits per heavy atom. The topological polar surface area (TPSA) is 320 Å². The number of amides is 1. The van der Waals surface area contributed by atoms with E-state index in [1.54, 1.807) is 20.8 Å². The zero-order valence-corrected chi connectivity index (χ0v) is 30.1. The van der Waals surface area contributed by atoms with Crippen molar-refractivity contribution in [2.45, 2.75) is 132 Å². The molecule has 0 spiro atoms. The number of carbonyl (C=O) groups excluding carboxylic acids is 1. The van der Waals surface area contributed by atoms with Crippen molar-refractivity contribution in [1.29, 1.82) is 0 Å². The van der Waals surface area contributed by atoms with Crippen LogP contribution in [0.25, 0.3) is 0 Å². The molecule has 5 rings (SSSR count). The average Bonchev–Trinajstić information content (AvgIpc) is 3.74. The Hall–Kier alpha value is -3.12. The fourth-order valence-electron chi connectivity index (χ4n) is 7.35. The van der Waals surface area contributed by atoms with Gasteiger partial charge in [-0.3, -0.25) is 4.57 Å². The zero-order valence-electron chi connectivity index (χ0n) is 30.1. The Labute approximate surface area is 309 Å². The minimum Gasteiger partial charge on any atom is -0.494 e. The Kier molecular flexibility index (Phi) is 13.2. The Morgan fingerprint density at radius 3 is 1.96 bits per heavy atom. The van der Waals surface area contributed by atoms with Gasteiger partial charge in [-0.25, -0.2) is 9.59 Å². The lowest BCUT2D eigenvalue weighted by Gasteiger charge is -2.40. The molecule has 3 aliphatic heterocycles. The Bertz CT molecular complexity index is 1440. The number of aliphatic carboxylic acids is 1. The number of aromatic hydroxyl groups is 2. The van der Waals surface area contributed by atoms with Crippen LogP contribution in [0.4, 0.5) is 4.79 Å². The normalized spacial score (nSPS) is 34.2. The lowest BCUT2D eigenvalue weighted by Crippen LogP contribution is -2.59. The second-order valence-electron chi connectivity index (χ2n) is 15.1. The van der Waals surface area contributed by atoms with E-state index >= 15 is 0 Å². The molecule has 1 amide bonds. The summed E-state index contributed by atoms with van der Waals surface area (Å²) in [6.45, 7) is 3.11. The molecule has 306 valence electrons. The number of unbranched alkanes of at least 4 members (excludes halogenated alkanes) is 1. The third kappa shape index (κ3) is 8.49. The third-order valence-electron chi connectivity index (χ3n) is 10.3. The molecule has 54 heavy (non-hydrogen) atoms.